The van der Waals surface area contributed by atoms with Crippen LogP contribution >= 0.6 is 0 Å². The van der Waals surface area contributed by atoms with Crippen LogP contribution in [0.2, 0.25) is 0 Å². The first kappa shape index (κ1) is 15.4. The van der Waals surface area contributed by atoms with Gasteiger partial charge in [0.2, 0.25) is 5.91 Å². The first-order chi connectivity index (χ1) is 8.44. The highest BCUT2D eigenvalue weighted by Crippen LogP contribution is 2.32. The topological polar surface area (TPSA) is 75.3 Å². The lowest BCUT2D eigenvalue weighted by molar-refractivity contribution is -0.129. The molecule has 1 amide bonds. The Bertz CT molecular complexity index is 271. The third kappa shape index (κ3) is 3.69. The second-order valence-corrected chi connectivity index (χ2v) is 6.20. The molecule has 1 atom stereocenters. The zero-order chi connectivity index (χ0) is 13.8. The van der Waals surface area contributed by atoms with Crippen molar-refractivity contribution in [2.24, 2.45) is 23.5 Å². The minimum absolute atomic E-state index is 0.00361. The van der Waals surface area contributed by atoms with Crippen molar-refractivity contribution in [1.29, 1.82) is 0 Å². The molecule has 1 unspecified atom stereocenters. The predicted octanol–water partition coefficient (Wildman–Crippen LogP) is 1.27. The summed E-state index contributed by atoms with van der Waals surface area (Å²) in [5, 5.41) is 12.7. The predicted molar refractivity (Wildman–Crippen MR) is 73.0 cm³/mol. The lowest BCUT2D eigenvalue weighted by Gasteiger charge is -2.39. The molecule has 0 bridgehead atoms. The van der Waals surface area contributed by atoms with E-state index in [0.717, 1.165) is 25.7 Å². The van der Waals surface area contributed by atoms with Crippen LogP contribution in [0.25, 0.3) is 0 Å². The maximum Gasteiger partial charge on any atom is 0.225 e. The molecule has 4 nitrogen and oxygen atoms in total. The molecule has 0 spiro atoms. The van der Waals surface area contributed by atoms with E-state index in [-0.39, 0.29) is 24.3 Å². The molecule has 0 heterocycles. The van der Waals surface area contributed by atoms with Gasteiger partial charge in [-0.3, -0.25) is 4.79 Å². The summed E-state index contributed by atoms with van der Waals surface area (Å²) in [6.07, 6.45) is 3.86. The Morgan fingerprint density at radius 1 is 1.44 bits per heavy atom. The second-order valence-electron chi connectivity index (χ2n) is 6.20. The molecule has 106 valence electrons. The van der Waals surface area contributed by atoms with Crippen molar-refractivity contribution < 1.29 is 9.90 Å². The number of amides is 1. The van der Waals surface area contributed by atoms with Crippen molar-refractivity contribution in [3.05, 3.63) is 0 Å². The van der Waals surface area contributed by atoms with Crippen LogP contribution in [0, 0.1) is 17.8 Å². The Kier molecular flexibility index (Phi) is 5.60. The van der Waals surface area contributed by atoms with Crippen molar-refractivity contribution >= 4 is 5.91 Å². The van der Waals surface area contributed by atoms with E-state index < -0.39 is 5.54 Å². The van der Waals surface area contributed by atoms with Gasteiger partial charge in [0.25, 0.3) is 0 Å². The second kappa shape index (κ2) is 6.53. The Hall–Kier alpha value is -0.610. The van der Waals surface area contributed by atoms with E-state index >= 15 is 0 Å². The van der Waals surface area contributed by atoms with E-state index in [1.54, 1.807) is 0 Å². The summed E-state index contributed by atoms with van der Waals surface area (Å²) >= 11 is 0. The van der Waals surface area contributed by atoms with Crippen molar-refractivity contribution in [1.82, 2.24) is 5.32 Å². The molecule has 1 aliphatic carbocycles. The zero-order valence-electron chi connectivity index (χ0n) is 11.9. The average molecular weight is 256 g/mol. The van der Waals surface area contributed by atoms with Crippen LogP contribution in [0.3, 0.4) is 0 Å². The third-order valence-electron chi connectivity index (χ3n) is 4.32. The monoisotopic (exact) mass is 256 g/mol. The summed E-state index contributed by atoms with van der Waals surface area (Å²) in [6, 6.07) is 0. The molecule has 18 heavy (non-hydrogen) atoms. The molecule has 0 aromatic heterocycles. The van der Waals surface area contributed by atoms with Crippen LogP contribution < -0.4 is 11.1 Å². The smallest absolute Gasteiger partial charge is 0.225 e. The highest BCUT2D eigenvalue weighted by molar-refractivity contribution is 5.80. The molecule has 1 rings (SSSR count). The Balaban J connectivity index is 2.65. The summed E-state index contributed by atoms with van der Waals surface area (Å²) in [6.45, 7) is 6.62. The maximum absolute atomic E-state index is 12.2. The van der Waals surface area contributed by atoms with Crippen molar-refractivity contribution in [2.75, 3.05) is 13.2 Å². The number of hydrogen-bond donors (Lipinski definition) is 3. The highest BCUT2D eigenvalue weighted by atomic mass is 16.3. The summed E-state index contributed by atoms with van der Waals surface area (Å²) in [4.78, 5) is 12.2. The fourth-order valence-corrected chi connectivity index (χ4v) is 2.67. The van der Waals surface area contributed by atoms with Crippen LogP contribution in [0.4, 0.5) is 0 Å². The Morgan fingerprint density at radius 3 is 2.39 bits per heavy atom. The zero-order valence-corrected chi connectivity index (χ0v) is 11.9. The summed E-state index contributed by atoms with van der Waals surface area (Å²) in [5.74, 6) is 0.758. The number of rotatable bonds is 5. The van der Waals surface area contributed by atoms with Gasteiger partial charge in [-0.1, -0.05) is 20.8 Å². The van der Waals surface area contributed by atoms with Crippen molar-refractivity contribution in [2.45, 2.75) is 52.0 Å². The van der Waals surface area contributed by atoms with Gasteiger partial charge in [0.05, 0.1) is 18.1 Å². The van der Waals surface area contributed by atoms with Gasteiger partial charge < -0.3 is 16.2 Å². The number of hydrogen-bond acceptors (Lipinski definition) is 3. The van der Waals surface area contributed by atoms with Gasteiger partial charge in [0.15, 0.2) is 0 Å². The normalized spacial score (nSPS) is 30.2. The standard InChI is InChI=1S/C14H28N2O2/c1-10(2)12(8-15)13(18)16-14(9-17)6-4-11(3)5-7-14/h10-12,17H,4-9,15H2,1-3H3,(H,16,18). The van der Waals surface area contributed by atoms with Gasteiger partial charge in [-0.15, -0.1) is 0 Å². The van der Waals surface area contributed by atoms with Gasteiger partial charge >= 0.3 is 0 Å². The SMILES string of the molecule is CC1CCC(CO)(NC(=O)C(CN)C(C)C)CC1. The Morgan fingerprint density at radius 2 is 2.00 bits per heavy atom. The van der Waals surface area contributed by atoms with Crippen LogP contribution in [-0.4, -0.2) is 29.7 Å². The molecule has 4 N–H and O–H groups in total. The van der Waals surface area contributed by atoms with Crippen LogP contribution in [-0.2, 0) is 4.79 Å². The van der Waals surface area contributed by atoms with Gasteiger partial charge in [-0.25, -0.2) is 0 Å². The van der Waals surface area contributed by atoms with E-state index in [2.05, 4.69) is 12.2 Å². The largest absolute Gasteiger partial charge is 0.394 e. The van der Waals surface area contributed by atoms with E-state index in [9.17, 15) is 9.90 Å². The highest BCUT2D eigenvalue weighted by Gasteiger charge is 2.36. The molecular weight excluding hydrogens is 228 g/mol. The fraction of sp³-hybridized carbons (Fsp3) is 0.929. The van der Waals surface area contributed by atoms with Crippen LogP contribution in [0.1, 0.15) is 46.5 Å². The van der Waals surface area contributed by atoms with Crippen LogP contribution in [0.5, 0.6) is 0 Å². The quantitative estimate of drug-likeness (QED) is 0.693. The molecule has 1 saturated carbocycles. The third-order valence-corrected chi connectivity index (χ3v) is 4.32. The molecular formula is C14H28N2O2. The Labute approximate surface area is 110 Å². The molecule has 0 radical (unpaired) electrons. The van der Waals surface area contributed by atoms with Crippen LogP contribution in [0.15, 0.2) is 0 Å². The lowest BCUT2D eigenvalue weighted by atomic mass is 9.77. The molecule has 0 aromatic carbocycles. The van der Waals surface area contributed by atoms with Gasteiger partial charge in [-0.05, 0) is 37.5 Å². The molecule has 0 saturated heterocycles. The summed E-state index contributed by atoms with van der Waals surface area (Å²) in [5.41, 5.74) is 5.25. The lowest BCUT2D eigenvalue weighted by Crippen LogP contribution is -2.56. The number of carbonyl (C=O) groups excluding carboxylic acids is 1. The summed E-state index contributed by atoms with van der Waals surface area (Å²) < 4.78 is 0. The number of nitrogens with two attached hydrogens (primary N) is 1. The minimum Gasteiger partial charge on any atom is -0.394 e. The minimum atomic E-state index is -0.411. The van der Waals surface area contributed by atoms with E-state index in [1.807, 2.05) is 13.8 Å². The van der Waals surface area contributed by atoms with Crippen molar-refractivity contribution in [3.63, 3.8) is 0 Å². The fourth-order valence-electron chi connectivity index (χ4n) is 2.67. The first-order valence-electron chi connectivity index (χ1n) is 7.07. The van der Waals surface area contributed by atoms with Gasteiger partial charge in [0, 0.05) is 6.54 Å². The van der Waals surface area contributed by atoms with E-state index in [4.69, 9.17) is 5.73 Å². The molecule has 4 heteroatoms. The molecule has 0 aromatic rings. The van der Waals surface area contributed by atoms with Gasteiger partial charge in [0.1, 0.15) is 0 Å². The van der Waals surface area contributed by atoms with Gasteiger partial charge in [-0.2, -0.15) is 0 Å². The molecule has 0 aliphatic heterocycles. The van der Waals surface area contributed by atoms with E-state index in [0.29, 0.717) is 12.5 Å². The average Bonchev–Trinajstić information content (AvgIpc) is 2.33. The first-order valence-corrected chi connectivity index (χ1v) is 7.07. The summed E-state index contributed by atoms with van der Waals surface area (Å²) in [7, 11) is 0. The number of carbonyl (C=O) groups is 1. The van der Waals surface area contributed by atoms with Crippen molar-refractivity contribution in [3.8, 4) is 0 Å². The number of aliphatic hydroxyl groups excluding tert-OH is 1. The molecule has 1 aliphatic rings. The van der Waals surface area contributed by atoms with E-state index in [1.165, 1.54) is 0 Å². The maximum atomic E-state index is 12.2. The number of nitrogens with one attached hydrogen (secondary N) is 1. The molecule has 1 fully saturated rings. The number of aliphatic hydroxyl groups is 1.